The van der Waals surface area contributed by atoms with Crippen molar-refractivity contribution in [2.75, 3.05) is 7.05 Å². The monoisotopic (exact) mass is 215 g/mol. The summed E-state index contributed by atoms with van der Waals surface area (Å²) in [6.07, 6.45) is 0. The van der Waals surface area contributed by atoms with Crippen molar-refractivity contribution in [1.82, 2.24) is 4.90 Å². The third-order valence-electron chi connectivity index (χ3n) is 1.73. The highest BCUT2D eigenvalue weighted by Crippen LogP contribution is 2.09. The van der Waals surface area contributed by atoms with E-state index in [2.05, 4.69) is 12.6 Å². The molecule has 0 saturated heterocycles. The van der Waals surface area contributed by atoms with Gasteiger partial charge in [-0.1, -0.05) is 0 Å². The van der Waals surface area contributed by atoms with Crippen LogP contribution in [0.25, 0.3) is 0 Å². The molecule has 1 amide bonds. The number of amides is 1. The molecule has 1 unspecified atom stereocenters. The zero-order valence-corrected chi connectivity index (χ0v) is 9.44. The lowest BCUT2D eigenvalue weighted by Gasteiger charge is -2.18. The first kappa shape index (κ1) is 10.6. The second kappa shape index (κ2) is 4.67. The number of hydrogen-bond acceptors (Lipinski definition) is 3. The fourth-order valence-electron chi connectivity index (χ4n) is 1.05. The molecule has 0 spiro atoms. The second-order valence-electron chi connectivity index (χ2n) is 3.00. The molecule has 1 heterocycles. The molecule has 1 rings (SSSR count). The Balaban J connectivity index is 2.51. The molecule has 72 valence electrons. The van der Waals surface area contributed by atoms with Crippen LogP contribution in [0.15, 0.2) is 16.8 Å². The maximum Gasteiger partial charge on any atom is 0.235 e. The lowest BCUT2D eigenvalue weighted by Crippen LogP contribution is -2.31. The number of thiophene rings is 1. The van der Waals surface area contributed by atoms with Gasteiger partial charge in [0.05, 0.1) is 5.25 Å². The highest BCUT2D eigenvalue weighted by molar-refractivity contribution is 7.81. The van der Waals surface area contributed by atoms with Crippen molar-refractivity contribution in [1.29, 1.82) is 0 Å². The summed E-state index contributed by atoms with van der Waals surface area (Å²) >= 11 is 5.74. The Bertz CT molecular complexity index is 269. The quantitative estimate of drug-likeness (QED) is 0.765. The zero-order chi connectivity index (χ0) is 9.84. The van der Waals surface area contributed by atoms with Crippen molar-refractivity contribution in [2.45, 2.75) is 18.7 Å². The molecule has 0 fully saturated rings. The molecule has 1 atom stereocenters. The van der Waals surface area contributed by atoms with E-state index >= 15 is 0 Å². The maximum absolute atomic E-state index is 11.4. The predicted octanol–water partition coefficient (Wildman–Crippen LogP) is 2.02. The zero-order valence-electron chi connectivity index (χ0n) is 7.73. The molecular formula is C9H13NOS2. The average molecular weight is 215 g/mol. The Morgan fingerprint density at radius 2 is 2.46 bits per heavy atom. The minimum atomic E-state index is -0.219. The number of nitrogens with zero attached hydrogens (tertiary/aromatic N) is 1. The average Bonchev–Trinajstić information content (AvgIpc) is 2.55. The molecular weight excluding hydrogens is 202 g/mol. The van der Waals surface area contributed by atoms with Crippen LogP contribution in [0.4, 0.5) is 0 Å². The van der Waals surface area contributed by atoms with E-state index in [-0.39, 0.29) is 11.2 Å². The molecule has 4 heteroatoms. The van der Waals surface area contributed by atoms with E-state index in [0.29, 0.717) is 6.54 Å². The van der Waals surface area contributed by atoms with Crippen LogP contribution in [0.1, 0.15) is 12.5 Å². The lowest BCUT2D eigenvalue weighted by atomic mass is 10.3. The number of carbonyl (C=O) groups excluding carboxylic acids is 1. The number of rotatable bonds is 3. The van der Waals surface area contributed by atoms with Crippen molar-refractivity contribution in [3.05, 3.63) is 22.4 Å². The van der Waals surface area contributed by atoms with Crippen LogP contribution in [0.3, 0.4) is 0 Å². The number of hydrogen-bond donors (Lipinski definition) is 1. The van der Waals surface area contributed by atoms with Crippen molar-refractivity contribution < 1.29 is 4.79 Å². The molecule has 13 heavy (non-hydrogen) atoms. The van der Waals surface area contributed by atoms with Crippen LogP contribution in [0, 0.1) is 0 Å². The van der Waals surface area contributed by atoms with Crippen LogP contribution in [-0.4, -0.2) is 23.1 Å². The highest BCUT2D eigenvalue weighted by Gasteiger charge is 2.13. The van der Waals surface area contributed by atoms with Gasteiger partial charge in [-0.15, -0.1) is 0 Å². The first-order valence-electron chi connectivity index (χ1n) is 4.05. The molecule has 0 saturated carbocycles. The summed E-state index contributed by atoms with van der Waals surface area (Å²) < 4.78 is 0. The maximum atomic E-state index is 11.4. The van der Waals surface area contributed by atoms with Gasteiger partial charge in [0.25, 0.3) is 0 Å². The summed E-state index contributed by atoms with van der Waals surface area (Å²) in [7, 11) is 1.80. The molecule has 0 aromatic carbocycles. The Morgan fingerprint density at radius 1 is 1.77 bits per heavy atom. The standard InChI is InChI=1S/C9H13NOS2/c1-7(12)9(11)10(2)5-8-3-4-13-6-8/h3-4,6-7,12H,5H2,1-2H3. The van der Waals surface area contributed by atoms with Gasteiger partial charge < -0.3 is 4.90 Å². The van der Waals surface area contributed by atoms with Gasteiger partial charge in [-0.05, 0) is 29.3 Å². The summed E-state index contributed by atoms with van der Waals surface area (Å²) in [4.78, 5) is 13.1. The summed E-state index contributed by atoms with van der Waals surface area (Å²) in [5.41, 5.74) is 1.18. The molecule has 0 bridgehead atoms. The topological polar surface area (TPSA) is 20.3 Å². The van der Waals surface area contributed by atoms with Crippen LogP contribution >= 0.6 is 24.0 Å². The largest absolute Gasteiger partial charge is 0.340 e. The van der Waals surface area contributed by atoms with E-state index < -0.39 is 0 Å². The molecule has 0 aliphatic rings. The molecule has 1 aromatic rings. The number of carbonyl (C=O) groups is 1. The molecule has 0 aliphatic heterocycles. The van der Waals surface area contributed by atoms with Crippen molar-refractivity contribution in [3.8, 4) is 0 Å². The summed E-state index contributed by atoms with van der Waals surface area (Å²) in [6, 6.07) is 2.03. The minimum Gasteiger partial charge on any atom is -0.340 e. The van der Waals surface area contributed by atoms with Gasteiger partial charge in [0, 0.05) is 13.6 Å². The molecule has 2 nitrogen and oxygen atoms in total. The first-order chi connectivity index (χ1) is 6.11. The van der Waals surface area contributed by atoms with E-state index in [4.69, 9.17) is 0 Å². The summed E-state index contributed by atoms with van der Waals surface area (Å²) in [6.45, 7) is 2.46. The predicted molar refractivity (Wildman–Crippen MR) is 59.2 cm³/mol. The Kier molecular flexibility index (Phi) is 3.81. The molecule has 1 aromatic heterocycles. The van der Waals surface area contributed by atoms with Gasteiger partial charge in [0.1, 0.15) is 0 Å². The Hall–Kier alpha value is -0.480. The summed E-state index contributed by atoms with van der Waals surface area (Å²) in [5, 5.41) is 3.84. The van der Waals surface area contributed by atoms with Gasteiger partial charge in [-0.25, -0.2) is 0 Å². The normalized spacial score (nSPS) is 12.5. The second-order valence-corrected chi connectivity index (χ2v) is 4.56. The fraction of sp³-hybridized carbons (Fsp3) is 0.444. The van der Waals surface area contributed by atoms with Gasteiger partial charge in [-0.3, -0.25) is 4.79 Å². The van der Waals surface area contributed by atoms with E-state index in [1.165, 1.54) is 5.56 Å². The van der Waals surface area contributed by atoms with E-state index in [1.807, 2.05) is 16.8 Å². The highest BCUT2D eigenvalue weighted by atomic mass is 32.1. The van der Waals surface area contributed by atoms with Crippen LogP contribution in [0.2, 0.25) is 0 Å². The van der Waals surface area contributed by atoms with Gasteiger partial charge >= 0.3 is 0 Å². The SMILES string of the molecule is CC(S)C(=O)N(C)Cc1ccsc1. The third kappa shape index (κ3) is 3.04. The molecule has 0 N–H and O–H groups in total. The Labute approximate surface area is 88.0 Å². The van der Waals surface area contributed by atoms with Crippen molar-refractivity contribution in [2.24, 2.45) is 0 Å². The lowest BCUT2D eigenvalue weighted by molar-refractivity contribution is -0.129. The van der Waals surface area contributed by atoms with E-state index in [1.54, 1.807) is 30.2 Å². The van der Waals surface area contributed by atoms with E-state index in [0.717, 1.165) is 0 Å². The number of thiol groups is 1. The molecule has 0 radical (unpaired) electrons. The van der Waals surface area contributed by atoms with Crippen molar-refractivity contribution in [3.63, 3.8) is 0 Å². The van der Waals surface area contributed by atoms with Crippen LogP contribution in [-0.2, 0) is 11.3 Å². The van der Waals surface area contributed by atoms with Crippen molar-refractivity contribution >= 4 is 29.9 Å². The first-order valence-corrected chi connectivity index (χ1v) is 5.51. The third-order valence-corrected chi connectivity index (χ3v) is 2.69. The minimum absolute atomic E-state index is 0.0644. The van der Waals surface area contributed by atoms with Crippen LogP contribution in [0.5, 0.6) is 0 Å². The Morgan fingerprint density at radius 3 is 2.92 bits per heavy atom. The van der Waals surface area contributed by atoms with Crippen LogP contribution < -0.4 is 0 Å². The summed E-state index contributed by atoms with van der Waals surface area (Å²) in [5.74, 6) is 0.0644. The fourth-order valence-corrected chi connectivity index (χ4v) is 1.91. The van der Waals surface area contributed by atoms with Gasteiger partial charge in [0.15, 0.2) is 0 Å². The van der Waals surface area contributed by atoms with E-state index in [9.17, 15) is 4.79 Å². The molecule has 0 aliphatic carbocycles. The smallest absolute Gasteiger partial charge is 0.235 e. The van der Waals surface area contributed by atoms with Gasteiger partial charge in [-0.2, -0.15) is 24.0 Å². The van der Waals surface area contributed by atoms with Gasteiger partial charge in [0.2, 0.25) is 5.91 Å².